The lowest BCUT2D eigenvalue weighted by atomic mass is 9.87. The number of aromatic nitrogens is 2. The van der Waals surface area contributed by atoms with E-state index in [1.54, 1.807) is 6.20 Å². The molecule has 0 amide bonds. The lowest BCUT2D eigenvalue weighted by Gasteiger charge is -2.32. The second kappa shape index (κ2) is 6.00. The summed E-state index contributed by atoms with van der Waals surface area (Å²) in [5, 5.41) is 11.4. The standard InChI is InChI=1S/C12H22N4S/c1-5-13-11(17)15-10(12(2,3)4)9-16-8-6-7-14-16/h6-8,10H,5,9H2,1-4H3,(H2,13,15,17). The van der Waals surface area contributed by atoms with Crippen molar-refractivity contribution in [2.75, 3.05) is 6.54 Å². The van der Waals surface area contributed by atoms with Crippen LogP contribution in [0.2, 0.25) is 0 Å². The van der Waals surface area contributed by atoms with Crippen LogP contribution in [-0.2, 0) is 6.54 Å². The lowest BCUT2D eigenvalue weighted by Crippen LogP contribution is -2.50. The maximum atomic E-state index is 5.24. The molecule has 0 fully saturated rings. The Labute approximate surface area is 109 Å². The van der Waals surface area contributed by atoms with Gasteiger partial charge in [-0.15, -0.1) is 0 Å². The van der Waals surface area contributed by atoms with Crippen LogP contribution in [0, 0.1) is 5.41 Å². The van der Waals surface area contributed by atoms with Crippen molar-refractivity contribution in [3.8, 4) is 0 Å². The molecule has 0 aliphatic carbocycles. The lowest BCUT2D eigenvalue weighted by molar-refractivity contribution is 0.260. The second-order valence-electron chi connectivity index (χ2n) is 5.15. The molecule has 4 nitrogen and oxygen atoms in total. The molecule has 17 heavy (non-hydrogen) atoms. The van der Waals surface area contributed by atoms with Crippen molar-refractivity contribution in [1.29, 1.82) is 0 Å². The Morgan fingerprint density at radius 3 is 2.65 bits per heavy atom. The predicted octanol–water partition coefficient (Wildman–Crippen LogP) is 1.78. The minimum Gasteiger partial charge on any atom is -0.363 e. The fourth-order valence-corrected chi connectivity index (χ4v) is 1.79. The van der Waals surface area contributed by atoms with E-state index in [0.717, 1.165) is 13.1 Å². The van der Waals surface area contributed by atoms with Gasteiger partial charge in [0, 0.05) is 18.9 Å². The van der Waals surface area contributed by atoms with E-state index in [1.807, 2.05) is 23.9 Å². The van der Waals surface area contributed by atoms with Crippen LogP contribution in [0.15, 0.2) is 18.5 Å². The van der Waals surface area contributed by atoms with E-state index in [-0.39, 0.29) is 11.5 Å². The highest BCUT2D eigenvalue weighted by Gasteiger charge is 2.25. The summed E-state index contributed by atoms with van der Waals surface area (Å²) in [4.78, 5) is 0. The topological polar surface area (TPSA) is 41.9 Å². The van der Waals surface area contributed by atoms with Crippen LogP contribution in [0.3, 0.4) is 0 Å². The Kier molecular flexibility index (Phi) is 4.93. The first-order valence-electron chi connectivity index (χ1n) is 5.95. The van der Waals surface area contributed by atoms with Gasteiger partial charge in [-0.05, 0) is 30.6 Å². The van der Waals surface area contributed by atoms with Gasteiger partial charge in [0.25, 0.3) is 0 Å². The highest BCUT2D eigenvalue weighted by atomic mass is 32.1. The fourth-order valence-electron chi connectivity index (χ4n) is 1.50. The largest absolute Gasteiger partial charge is 0.363 e. The van der Waals surface area contributed by atoms with Gasteiger partial charge in [-0.1, -0.05) is 20.8 Å². The van der Waals surface area contributed by atoms with Crippen LogP contribution in [0.4, 0.5) is 0 Å². The quantitative estimate of drug-likeness (QED) is 0.804. The number of nitrogens with one attached hydrogen (secondary N) is 2. The Balaban J connectivity index is 2.65. The summed E-state index contributed by atoms with van der Waals surface area (Å²) in [7, 11) is 0. The van der Waals surface area contributed by atoms with Crippen LogP contribution >= 0.6 is 12.2 Å². The van der Waals surface area contributed by atoms with Gasteiger partial charge in [0.1, 0.15) is 0 Å². The minimum atomic E-state index is 0.116. The first-order chi connectivity index (χ1) is 7.93. The van der Waals surface area contributed by atoms with Gasteiger partial charge in [-0.3, -0.25) is 4.68 Å². The summed E-state index contributed by atoms with van der Waals surface area (Å²) in [5.74, 6) is 0. The smallest absolute Gasteiger partial charge is 0.166 e. The molecule has 0 saturated carbocycles. The van der Waals surface area contributed by atoms with Crippen molar-refractivity contribution in [1.82, 2.24) is 20.4 Å². The van der Waals surface area contributed by atoms with Crippen molar-refractivity contribution in [2.24, 2.45) is 5.41 Å². The average molecular weight is 254 g/mol. The summed E-state index contributed by atoms with van der Waals surface area (Å²) >= 11 is 5.24. The van der Waals surface area contributed by atoms with Gasteiger partial charge in [0.2, 0.25) is 0 Å². The molecular formula is C12H22N4S. The van der Waals surface area contributed by atoms with Crippen molar-refractivity contribution in [3.63, 3.8) is 0 Å². The number of nitrogens with zero attached hydrogens (tertiary/aromatic N) is 2. The first kappa shape index (κ1) is 14.0. The van der Waals surface area contributed by atoms with E-state index in [2.05, 4.69) is 36.5 Å². The Morgan fingerprint density at radius 1 is 1.47 bits per heavy atom. The molecule has 0 aliphatic rings. The molecule has 1 atom stereocenters. The van der Waals surface area contributed by atoms with Crippen molar-refractivity contribution < 1.29 is 0 Å². The molecular weight excluding hydrogens is 232 g/mol. The van der Waals surface area contributed by atoms with Crippen LogP contribution in [0.25, 0.3) is 0 Å². The third kappa shape index (κ3) is 4.73. The van der Waals surface area contributed by atoms with E-state index >= 15 is 0 Å². The molecule has 96 valence electrons. The molecule has 1 heterocycles. The molecule has 0 spiro atoms. The molecule has 1 rings (SSSR count). The van der Waals surface area contributed by atoms with Crippen molar-refractivity contribution in [2.45, 2.75) is 40.3 Å². The molecule has 1 aromatic rings. The summed E-state index contributed by atoms with van der Waals surface area (Å²) in [6, 6.07) is 2.18. The zero-order valence-electron chi connectivity index (χ0n) is 11.0. The zero-order valence-corrected chi connectivity index (χ0v) is 11.8. The molecule has 0 radical (unpaired) electrons. The second-order valence-corrected chi connectivity index (χ2v) is 5.56. The Morgan fingerprint density at radius 2 is 2.18 bits per heavy atom. The van der Waals surface area contributed by atoms with Crippen LogP contribution in [0.5, 0.6) is 0 Å². The van der Waals surface area contributed by atoms with Gasteiger partial charge >= 0.3 is 0 Å². The average Bonchev–Trinajstić information content (AvgIpc) is 2.68. The maximum Gasteiger partial charge on any atom is 0.166 e. The number of rotatable bonds is 4. The van der Waals surface area contributed by atoms with Gasteiger partial charge in [-0.2, -0.15) is 5.10 Å². The monoisotopic (exact) mass is 254 g/mol. The molecule has 2 N–H and O–H groups in total. The van der Waals surface area contributed by atoms with Crippen LogP contribution in [0.1, 0.15) is 27.7 Å². The Bertz CT molecular complexity index is 340. The summed E-state index contributed by atoms with van der Waals surface area (Å²) < 4.78 is 1.93. The molecule has 0 saturated heterocycles. The van der Waals surface area contributed by atoms with Crippen molar-refractivity contribution in [3.05, 3.63) is 18.5 Å². The minimum absolute atomic E-state index is 0.116. The molecule has 5 heteroatoms. The van der Waals surface area contributed by atoms with Gasteiger partial charge < -0.3 is 10.6 Å². The van der Waals surface area contributed by atoms with Gasteiger partial charge in [0.05, 0.1) is 12.6 Å². The van der Waals surface area contributed by atoms with Crippen LogP contribution < -0.4 is 10.6 Å². The SMILES string of the molecule is CCNC(=S)NC(Cn1cccn1)C(C)(C)C. The maximum absolute atomic E-state index is 5.24. The van der Waals surface area contributed by atoms with Crippen molar-refractivity contribution >= 4 is 17.3 Å². The normalized spacial score (nSPS) is 13.2. The van der Waals surface area contributed by atoms with E-state index in [4.69, 9.17) is 12.2 Å². The highest BCUT2D eigenvalue weighted by molar-refractivity contribution is 7.80. The molecule has 0 aliphatic heterocycles. The fraction of sp³-hybridized carbons (Fsp3) is 0.667. The first-order valence-corrected chi connectivity index (χ1v) is 6.36. The molecule has 1 unspecified atom stereocenters. The molecule has 1 aromatic heterocycles. The molecule has 0 bridgehead atoms. The predicted molar refractivity (Wildman–Crippen MR) is 74.9 cm³/mol. The molecule has 0 aromatic carbocycles. The number of thiocarbonyl (C=S) groups is 1. The third-order valence-corrected chi connectivity index (χ3v) is 2.88. The Hall–Kier alpha value is -1.10. The third-order valence-electron chi connectivity index (χ3n) is 2.62. The van der Waals surface area contributed by atoms with Gasteiger partial charge in [0.15, 0.2) is 5.11 Å². The van der Waals surface area contributed by atoms with E-state index in [1.165, 1.54) is 0 Å². The highest BCUT2D eigenvalue weighted by Crippen LogP contribution is 2.20. The van der Waals surface area contributed by atoms with Gasteiger partial charge in [-0.25, -0.2) is 0 Å². The number of hydrogen-bond acceptors (Lipinski definition) is 2. The van der Waals surface area contributed by atoms with E-state index in [0.29, 0.717) is 5.11 Å². The van der Waals surface area contributed by atoms with Crippen LogP contribution in [-0.4, -0.2) is 27.5 Å². The van der Waals surface area contributed by atoms with E-state index in [9.17, 15) is 0 Å². The zero-order chi connectivity index (χ0) is 12.9. The summed E-state index contributed by atoms with van der Waals surface area (Å²) in [5.41, 5.74) is 0.116. The summed E-state index contributed by atoms with van der Waals surface area (Å²) in [6.45, 7) is 10.3. The summed E-state index contributed by atoms with van der Waals surface area (Å²) in [6.07, 6.45) is 3.76. The van der Waals surface area contributed by atoms with E-state index < -0.39 is 0 Å². The number of hydrogen-bond donors (Lipinski definition) is 2.